The number of benzene rings is 1. The van der Waals surface area contributed by atoms with Crippen LogP contribution in [0.1, 0.15) is 5.89 Å². The molecule has 2 aromatic heterocycles. The minimum Gasteiger partial charge on any atom is -0.350 e. The summed E-state index contributed by atoms with van der Waals surface area (Å²) in [6.07, 6.45) is 4.23. The van der Waals surface area contributed by atoms with E-state index in [1.54, 1.807) is 12.1 Å². The van der Waals surface area contributed by atoms with E-state index in [4.69, 9.17) is 11.6 Å². The Kier molecular flexibility index (Phi) is 4.51. The van der Waals surface area contributed by atoms with Crippen LogP contribution in [0.25, 0.3) is 11.4 Å². The van der Waals surface area contributed by atoms with Crippen LogP contribution in [0.3, 0.4) is 0 Å². The van der Waals surface area contributed by atoms with Crippen LogP contribution in [0, 0.1) is 0 Å². The predicted molar refractivity (Wildman–Crippen MR) is 99.4 cm³/mol. The van der Waals surface area contributed by atoms with Gasteiger partial charge in [0.05, 0.1) is 18.1 Å². The molecule has 0 aliphatic carbocycles. The molecule has 146 valence electrons. The molecule has 0 saturated heterocycles. The van der Waals surface area contributed by atoms with E-state index in [2.05, 4.69) is 35.3 Å². The summed E-state index contributed by atoms with van der Waals surface area (Å²) in [5.74, 6) is -1.09. The quantitative estimate of drug-likeness (QED) is 0.359. The smallest absolute Gasteiger partial charge is 0.350 e. The standard InChI is InChI=1S/C17H9ClF2N6O3/c18-17(19,20)16-25-15(26-29-16)8-1-3-9(4-2-8)23-11-12(14(28)13(11)27)24-10-5-21-7-22-6-10/h1-7,23-24H. The topological polar surface area (TPSA) is 123 Å². The number of hydrogen-bond donors (Lipinski definition) is 2. The number of alkyl halides is 3. The van der Waals surface area contributed by atoms with Gasteiger partial charge in [-0.25, -0.2) is 9.97 Å². The highest BCUT2D eigenvalue weighted by Gasteiger charge is 2.35. The summed E-state index contributed by atoms with van der Waals surface area (Å²) in [5.41, 5.74) is 0.115. The van der Waals surface area contributed by atoms with Crippen molar-refractivity contribution in [1.82, 2.24) is 20.1 Å². The molecular formula is C17H9ClF2N6O3. The van der Waals surface area contributed by atoms with Gasteiger partial charge in [0.25, 0.3) is 10.9 Å². The van der Waals surface area contributed by atoms with E-state index in [9.17, 15) is 18.4 Å². The van der Waals surface area contributed by atoms with E-state index < -0.39 is 22.1 Å². The molecular weight excluding hydrogens is 410 g/mol. The Bertz CT molecular complexity index is 1230. The van der Waals surface area contributed by atoms with Crippen LogP contribution < -0.4 is 21.5 Å². The van der Waals surface area contributed by atoms with Crippen molar-refractivity contribution in [3.63, 3.8) is 0 Å². The lowest BCUT2D eigenvalue weighted by molar-refractivity contribution is 0.0551. The van der Waals surface area contributed by atoms with Crippen molar-refractivity contribution in [2.24, 2.45) is 0 Å². The fourth-order valence-electron chi connectivity index (χ4n) is 2.44. The number of hydrogen-bond acceptors (Lipinski definition) is 9. The van der Waals surface area contributed by atoms with E-state index in [1.165, 1.54) is 30.9 Å². The number of anilines is 4. The van der Waals surface area contributed by atoms with Gasteiger partial charge in [0.1, 0.15) is 17.7 Å². The second-order valence-corrected chi connectivity index (χ2v) is 6.26. The third kappa shape index (κ3) is 3.67. The van der Waals surface area contributed by atoms with Crippen LogP contribution >= 0.6 is 11.6 Å². The van der Waals surface area contributed by atoms with Gasteiger partial charge in [-0.2, -0.15) is 13.8 Å². The maximum Gasteiger partial charge on any atom is 0.400 e. The summed E-state index contributed by atoms with van der Waals surface area (Å²) in [6.45, 7) is 0. The molecule has 29 heavy (non-hydrogen) atoms. The number of nitrogens with zero attached hydrogens (tertiary/aromatic N) is 4. The molecule has 0 atom stereocenters. The minimum absolute atomic E-state index is 0.0765. The predicted octanol–water partition coefficient (Wildman–Crippen LogP) is 2.90. The third-order valence-electron chi connectivity index (χ3n) is 3.82. The van der Waals surface area contributed by atoms with Crippen molar-refractivity contribution in [3.8, 4) is 11.4 Å². The van der Waals surface area contributed by atoms with Crippen LogP contribution in [0.4, 0.5) is 31.5 Å². The fourth-order valence-corrected chi connectivity index (χ4v) is 2.52. The van der Waals surface area contributed by atoms with Gasteiger partial charge in [0, 0.05) is 11.3 Å². The van der Waals surface area contributed by atoms with Crippen LogP contribution in [0.2, 0.25) is 0 Å². The summed E-state index contributed by atoms with van der Waals surface area (Å²) in [6, 6.07) is 6.15. The molecule has 0 radical (unpaired) electrons. The zero-order chi connectivity index (χ0) is 20.6. The van der Waals surface area contributed by atoms with E-state index >= 15 is 0 Å². The first-order valence-electron chi connectivity index (χ1n) is 7.96. The van der Waals surface area contributed by atoms with Gasteiger partial charge in [0.15, 0.2) is 0 Å². The lowest BCUT2D eigenvalue weighted by atomic mass is 10.1. The average molecular weight is 419 g/mol. The van der Waals surface area contributed by atoms with Crippen molar-refractivity contribution < 1.29 is 13.3 Å². The molecule has 0 aliphatic heterocycles. The second-order valence-electron chi connectivity index (χ2n) is 5.78. The molecule has 2 N–H and O–H groups in total. The number of halogens is 3. The highest BCUT2D eigenvalue weighted by Crippen LogP contribution is 2.32. The Balaban J connectivity index is 1.53. The van der Waals surface area contributed by atoms with Gasteiger partial charge in [0.2, 0.25) is 5.82 Å². The van der Waals surface area contributed by atoms with Crippen LogP contribution in [-0.2, 0) is 5.38 Å². The van der Waals surface area contributed by atoms with Crippen LogP contribution in [-0.4, -0.2) is 20.1 Å². The van der Waals surface area contributed by atoms with Gasteiger partial charge in [-0.1, -0.05) is 5.16 Å². The van der Waals surface area contributed by atoms with Gasteiger partial charge in [-0.15, -0.1) is 0 Å². The Morgan fingerprint density at radius 3 is 2.07 bits per heavy atom. The van der Waals surface area contributed by atoms with E-state index in [1.807, 2.05) is 0 Å². The van der Waals surface area contributed by atoms with Crippen molar-refractivity contribution in [2.75, 3.05) is 10.6 Å². The van der Waals surface area contributed by atoms with Crippen LogP contribution in [0.5, 0.6) is 0 Å². The fraction of sp³-hybridized carbons (Fsp3) is 0.0588. The normalized spacial score (nSPS) is 11.6. The first kappa shape index (κ1) is 18.6. The van der Waals surface area contributed by atoms with Crippen molar-refractivity contribution in [3.05, 3.63) is 69.3 Å². The molecule has 0 aliphatic rings. The summed E-state index contributed by atoms with van der Waals surface area (Å²) in [7, 11) is 0. The van der Waals surface area contributed by atoms with E-state index in [0.717, 1.165) is 0 Å². The summed E-state index contributed by atoms with van der Waals surface area (Å²) >= 11 is 4.84. The number of rotatable bonds is 6. The maximum absolute atomic E-state index is 13.0. The van der Waals surface area contributed by atoms with Crippen molar-refractivity contribution in [1.29, 1.82) is 0 Å². The van der Waals surface area contributed by atoms with E-state index in [0.29, 0.717) is 16.9 Å². The third-order valence-corrected chi connectivity index (χ3v) is 3.98. The summed E-state index contributed by atoms with van der Waals surface area (Å²) in [5, 5.41) is 5.32. The molecule has 0 bridgehead atoms. The zero-order valence-electron chi connectivity index (χ0n) is 14.2. The Hall–Kier alpha value is -3.73. The summed E-state index contributed by atoms with van der Waals surface area (Å²) < 4.78 is 30.4. The lowest BCUT2D eigenvalue weighted by Gasteiger charge is -2.14. The molecule has 12 heteroatoms. The largest absolute Gasteiger partial charge is 0.400 e. The molecule has 4 aromatic rings. The Morgan fingerprint density at radius 2 is 1.52 bits per heavy atom. The monoisotopic (exact) mass is 418 g/mol. The number of aromatic nitrogens is 4. The van der Waals surface area contributed by atoms with E-state index in [-0.39, 0.29) is 17.2 Å². The highest BCUT2D eigenvalue weighted by atomic mass is 35.5. The first-order chi connectivity index (χ1) is 13.8. The second kappa shape index (κ2) is 7.02. The average Bonchev–Trinajstić information content (AvgIpc) is 3.22. The lowest BCUT2D eigenvalue weighted by Crippen LogP contribution is -2.35. The molecule has 4 rings (SSSR count). The van der Waals surface area contributed by atoms with Gasteiger partial charge in [-0.05, 0) is 35.9 Å². The minimum atomic E-state index is -3.76. The van der Waals surface area contributed by atoms with Gasteiger partial charge >= 0.3 is 11.3 Å². The SMILES string of the molecule is O=c1c(Nc2ccc(-c3noc(C(F)(F)Cl)n3)cc2)c(Nc2cncnc2)c1=O. The molecule has 0 fully saturated rings. The molecule has 9 nitrogen and oxygen atoms in total. The molecule has 2 aromatic carbocycles. The van der Waals surface area contributed by atoms with Gasteiger partial charge in [-0.3, -0.25) is 9.59 Å². The molecule has 0 amide bonds. The van der Waals surface area contributed by atoms with Gasteiger partial charge < -0.3 is 15.2 Å². The first-order valence-corrected chi connectivity index (χ1v) is 8.34. The summed E-state index contributed by atoms with van der Waals surface area (Å²) in [4.78, 5) is 34.9. The highest BCUT2D eigenvalue weighted by molar-refractivity contribution is 6.21. The zero-order valence-corrected chi connectivity index (χ0v) is 14.9. The Labute approximate surface area is 165 Å². The molecule has 0 unspecified atom stereocenters. The number of nitrogens with one attached hydrogen (secondary N) is 2. The maximum atomic E-state index is 13.0. The molecule has 2 heterocycles. The molecule has 0 saturated carbocycles. The Morgan fingerprint density at radius 1 is 0.931 bits per heavy atom. The van der Waals surface area contributed by atoms with Crippen molar-refractivity contribution in [2.45, 2.75) is 5.38 Å². The molecule has 0 spiro atoms. The van der Waals surface area contributed by atoms with Crippen molar-refractivity contribution >= 4 is 34.4 Å². The van der Waals surface area contributed by atoms with Crippen LogP contribution in [0.15, 0.2) is 57.1 Å².